The van der Waals surface area contributed by atoms with Crippen LogP contribution in [0, 0.1) is 0 Å². The Morgan fingerprint density at radius 3 is 1.71 bits per heavy atom. The molecule has 0 rings (SSSR count). The van der Waals surface area contributed by atoms with Crippen molar-refractivity contribution >= 4 is 10.0 Å². The highest BCUT2D eigenvalue weighted by molar-refractivity contribution is 8.32. The third-order valence-corrected chi connectivity index (χ3v) is 1.73. The maximum absolute atomic E-state index is 3.14. The van der Waals surface area contributed by atoms with Crippen molar-refractivity contribution in [1.82, 2.24) is 5.32 Å². The summed E-state index contributed by atoms with van der Waals surface area (Å²) in [7, 11) is 1.71. The average Bonchev–Trinajstić information content (AvgIpc) is 1.30. The van der Waals surface area contributed by atoms with E-state index in [1.807, 2.05) is 7.05 Å². The van der Waals surface area contributed by atoms with E-state index in [0.29, 0.717) is 0 Å². The second-order valence-corrected chi connectivity index (χ2v) is 7.06. The van der Waals surface area contributed by atoms with Gasteiger partial charge in [0.2, 0.25) is 0 Å². The fraction of sp³-hybridized carbons (Fsp3) is 1.00. The Kier molecular flexibility index (Phi) is 2.69. The molecular weight excluding hydrogens is 106 g/mol. The topological polar surface area (TPSA) is 12.0 Å². The molecule has 0 saturated heterocycles. The maximum Gasteiger partial charge on any atom is 0.0252 e. The first kappa shape index (κ1) is 7.31. The summed E-state index contributed by atoms with van der Waals surface area (Å²) in [6, 6.07) is 0. The minimum atomic E-state index is -0.285. The van der Waals surface area contributed by atoms with Crippen molar-refractivity contribution in [3.8, 4) is 0 Å². The first-order chi connectivity index (χ1) is 3.06. The lowest BCUT2D eigenvalue weighted by Crippen LogP contribution is -2.13. The first-order valence-electron chi connectivity index (χ1n) is 2.37. The molecule has 0 aliphatic heterocycles. The highest BCUT2D eigenvalue weighted by Crippen LogP contribution is 2.31. The van der Waals surface area contributed by atoms with E-state index in [2.05, 4.69) is 24.1 Å². The number of nitrogens with one attached hydrogen (secondary N) is 1. The number of hydrogen-bond donors (Lipinski definition) is 1. The van der Waals surface area contributed by atoms with E-state index < -0.39 is 0 Å². The van der Waals surface area contributed by atoms with E-state index in [4.69, 9.17) is 0 Å². The summed E-state index contributed by atoms with van der Waals surface area (Å²) >= 11 is 0. The molecule has 0 fully saturated rings. The van der Waals surface area contributed by atoms with Gasteiger partial charge >= 0.3 is 0 Å². The molecule has 2 heteroatoms. The van der Waals surface area contributed by atoms with E-state index in [0.717, 1.165) is 0 Å². The highest BCUT2D eigenvalue weighted by atomic mass is 32.3. The zero-order chi connectivity index (χ0) is 5.91. The van der Waals surface area contributed by atoms with Crippen LogP contribution in [-0.2, 0) is 0 Å². The van der Waals surface area contributed by atoms with Crippen LogP contribution in [0.3, 0.4) is 0 Å². The number of rotatable bonds is 2. The van der Waals surface area contributed by atoms with E-state index >= 15 is 0 Å². The molecular formula is C5H15NS. The van der Waals surface area contributed by atoms with Gasteiger partial charge in [0, 0.05) is 5.88 Å². The third-order valence-electron chi connectivity index (χ3n) is 0.577. The molecule has 0 heterocycles. The molecule has 0 aromatic rings. The Labute approximate surface area is 47.8 Å². The van der Waals surface area contributed by atoms with Crippen molar-refractivity contribution in [2.75, 3.05) is 31.7 Å². The molecule has 1 nitrogen and oxygen atoms in total. The number of hydrogen-bond acceptors (Lipinski definition) is 1. The molecule has 0 aliphatic rings. The van der Waals surface area contributed by atoms with Crippen molar-refractivity contribution < 1.29 is 0 Å². The lowest BCUT2D eigenvalue weighted by Gasteiger charge is -2.23. The van der Waals surface area contributed by atoms with E-state index in [1.54, 1.807) is 0 Å². The van der Waals surface area contributed by atoms with Crippen LogP contribution >= 0.6 is 10.0 Å². The van der Waals surface area contributed by atoms with Gasteiger partial charge in [-0.25, -0.2) is 10.0 Å². The van der Waals surface area contributed by atoms with Gasteiger partial charge in [-0.2, -0.15) is 0 Å². The third kappa shape index (κ3) is 6.31. The van der Waals surface area contributed by atoms with Gasteiger partial charge in [-0.3, -0.25) is 0 Å². The zero-order valence-corrected chi connectivity index (χ0v) is 6.43. The minimum Gasteiger partial charge on any atom is -0.312 e. The molecule has 0 aliphatic carbocycles. The molecule has 0 amide bonds. The predicted molar refractivity (Wildman–Crippen MR) is 39.3 cm³/mol. The summed E-state index contributed by atoms with van der Waals surface area (Å²) in [4.78, 5) is 0. The van der Waals surface area contributed by atoms with Crippen molar-refractivity contribution in [3.05, 3.63) is 0 Å². The van der Waals surface area contributed by atoms with E-state index in [1.165, 1.54) is 5.88 Å². The zero-order valence-electron chi connectivity index (χ0n) is 5.62. The summed E-state index contributed by atoms with van der Waals surface area (Å²) in [5.74, 6) is 1.17. The fourth-order valence-electron chi connectivity index (χ4n) is 0.433. The lowest BCUT2D eigenvalue weighted by molar-refractivity contribution is 0.976. The standard InChI is InChI=1S/C5H15NS/c1-6-5-7(2,3)4/h6H,5H2,1-4H3. The Bertz CT molecular complexity index is 46.5. The fourth-order valence-corrected chi connectivity index (χ4v) is 1.30. The molecule has 7 heavy (non-hydrogen) atoms. The molecule has 0 spiro atoms. The van der Waals surface area contributed by atoms with Crippen LogP contribution < -0.4 is 5.32 Å². The summed E-state index contributed by atoms with van der Waals surface area (Å²) in [6.45, 7) is 0. The Morgan fingerprint density at radius 2 is 1.71 bits per heavy atom. The van der Waals surface area contributed by atoms with Crippen LogP contribution in [0.25, 0.3) is 0 Å². The van der Waals surface area contributed by atoms with Gasteiger partial charge < -0.3 is 5.32 Å². The van der Waals surface area contributed by atoms with Gasteiger partial charge in [-0.1, -0.05) is 0 Å². The van der Waals surface area contributed by atoms with Gasteiger partial charge in [0.05, 0.1) is 0 Å². The average molecular weight is 121 g/mol. The normalized spacial score (nSPS) is 14.3. The van der Waals surface area contributed by atoms with Gasteiger partial charge in [0.15, 0.2) is 0 Å². The SMILES string of the molecule is CNCS(C)(C)C. The van der Waals surface area contributed by atoms with Gasteiger partial charge in [-0.15, -0.1) is 0 Å². The molecule has 1 N–H and O–H groups in total. The van der Waals surface area contributed by atoms with Crippen LogP contribution in [0.1, 0.15) is 0 Å². The summed E-state index contributed by atoms with van der Waals surface area (Å²) in [6.07, 6.45) is 6.89. The molecule has 46 valence electrons. The molecule has 0 bridgehead atoms. The van der Waals surface area contributed by atoms with Gasteiger partial charge in [0.1, 0.15) is 0 Å². The van der Waals surface area contributed by atoms with Crippen molar-refractivity contribution in [2.24, 2.45) is 0 Å². The molecule has 0 radical (unpaired) electrons. The van der Waals surface area contributed by atoms with Gasteiger partial charge in [-0.05, 0) is 25.8 Å². The summed E-state index contributed by atoms with van der Waals surface area (Å²) in [5.41, 5.74) is 0. The molecule has 0 saturated carbocycles. The molecule has 0 aromatic carbocycles. The largest absolute Gasteiger partial charge is 0.312 e. The molecule has 0 aromatic heterocycles. The van der Waals surface area contributed by atoms with Crippen LogP contribution in [0.4, 0.5) is 0 Å². The van der Waals surface area contributed by atoms with Crippen molar-refractivity contribution in [3.63, 3.8) is 0 Å². The maximum atomic E-state index is 3.14. The van der Waals surface area contributed by atoms with Crippen molar-refractivity contribution in [1.29, 1.82) is 0 Å². The highest BCUT2D eigenvalue weighted by Gasteiger charge is 1.98. The minimum absolute atomic E-state index is 0.285. The van der Waals surface area contributed by atoms with Gasteiger partial charge in [0.25, 0.3) is 0 Å². The summed E-state index contributed by atoms with van der Waals surface area (Å²) in [5, 5.41) is 3.14. The lowest BCUT2D eigenvalue weighted by atomic mass is 11.3. The van der Waals surface area contributed by atoms with E-state index in [9.17, 15) is 0 Å². The smallest absolute Gasteiger partial charge is 0.0252 e. The predicted octanol–water partition coefficient (Wildman–Crippen LogP) is 0.857. The Balaban J connectivity index is 3.15. The van der Waals surface area contributed by atoms with Crippen LogP contribution in [0.15, 0.2) is 0 Å². The Morgan fingerprint density at radius 1 is 1.29 bits per heavy atom. The second kappa shape index (κ2) is 2.58. The van der Waals surface area contributed by atoms with E-state index in [-0.39, 0.29) is 10.0 Å². The molecule has 0 unspecified atom stereocenters. The van der Waals surface area contributed by atoms with Crippen molar-refractivity contribution in [2.45, 2.75) is 0 Å². The second-order valence-electron chi connectivity index (χ2n) is 2.59. The summed E-state index contributed by atoms with van der Waals surface area (Å²) < 4.78 is 0. The Hall–Kier alpha value is 0.310. The van der Waals surface area contributed by atoms with Crippen LogP contribution in [0.2, 0.25) is 0 Å². The quantitative estimate of drug-likeness (QED) is 0.571. The van der Waals surface area contributed by atoms with Crippen LogP contribution in [0.5, 0.6) is 0 Å². The monoisotopic (exact) mass is 121 g/mol. The molecule has 0 atom stereocenters. The first-order valence-corrected chi connectivity index (χ1v) is 5.39. The van der Waals surface area contributed by atoms with Crippen LogP contribution in [-0.4, -0.2) is 31.7 Å².